The van der Waals surface area contributed by atoms with Crippen molar-refractivity contribution in [1.82, 2.24) is 9.55 Å². The third-order valence-electron chi connectivity index (χ3n) is 4.44. The second kappa shape index (κ2) is 7.59. The van der Waals surface area contributed by atoms with Gasteiger partial charge in [0, 0.05) is 43.3 Å². The van der Waals surface area contributed by atoms with E-state index in [9.17, 15) is 4.79 Å². The minimum atomic E-state index is -0.249. The number of amides is 1. The number of nitrogens with one attached hydrogen (secondary N) is 1. The van der Waals surface area contributed by atoms with E-state index in [-0.39, 0.29) is 18.4 Å². The lowest BCUT2D eigenvalue weighted by molar-refractivity contribution is -0.118. The molecular weight excluding hydrogens is 304 g/mol. The van der Waals surface area contributed by atoms with Crippen molar-refractivity contribution in [3.05, 3.63) is 36.2 Å². The molecule has 1 amide bonds. The first-order valence-electron chi connectivity index (χ1n) is 8.39. The minimum Gasteiger partial charge on any atom is -0.380 e. The predicted octanol–water partition coefficient (Wildman–Crippen LogP) is 2.19. The van der Waals surface area contributed by atoms with Crippen LogP contribution < -0.4 is 11.1 Å². The standard InChI is InChI=1S/C18H24N4O2/c1-24-16(11-19)10-17(23)21-14-7-5-13(6-8-14)18-20-12-15-4-2-3-9-22(15)18/h5-8,12,16H,2-4,9-11,19H2,1H3,(H,21,23). The van der Waals surface area contributed by atoms with E-state index in [1.807, 2.05) is 30.5 Å². The number of hydrogen-bond donors (Lipinski definition) is 2. The first kappa shape index (κ1) is 16.7. The van der Waals surface area contributed by atoms with Crippen molar-refractivity contribution in [2.24, 2.45) is 5.73 Å². The molecule has 1 aromatic heterocycles. The van der Waals surface area contributed by atoms with E-state index in [2.05, 4.69) is 14.9 Å². The van der Waals surface area contributed by atoms with Crippen LogP contribution in [0.1, 0.15) is 25.0 Å². The summed E-state index contributed by atoms with van der Waals surface area (Å²) < 4.78 is 7.43. The van der Waals surface area contributed by atoms with Crippen LogP contribution in [-0.4, -0.2) is 35.2 Å². The average Bonchev–Trinajstić information content (AvgIpc) is 3.04. The van der Waals surface area contributed by atoms with Gasteiger partial charge in [-0.3, -0.25) is 4.79 Å². The molecule has 6 nitrogen and oxygen atoms in total. The number of fused-ring (bicyclic) bond motifs is 1. The van der Waals surface area contributed by atoms with Gasteiger partial charge < -0.3 is 20.4 Å². The molecule has 1 aromatic carbocycles. The molecule has 24 heavy (non-hydrogen) atoms. The molecule has 1 unspecified atom stereocenters. The quantitative estimate of drug-likeness (QED) is 0.851. The molecule has 0 spiro atoms. The molecule has 0 fully saturated rings. The Labute approximate surface area is 142 Å². The summed E-state index contributed by atoms with van der Waals surface area (Å²) in [5, 5.41) is 2.87. The van der Waals surface area contributed by atoms with Gasteiger partial charge in [0.2, 0.25) is 5.91 Å². The second-order valence-electron chi connectivity index (χ2n) is 6.10. The fourth-order valence-electron chi connectivity index (χ4n) is 3.05. The molecule has 1 aliphatic heterocycles. The Hall–Kier alpha value is -2.18. The van der Waals surface area contributed by atoms with Crippen molar-refractivity contribution in [2.45, 2.75) is 38.3 Å². The van der Waals surface area contributed by atoms with Crippen LogP contribution >= 0.6 is 0 Å². The monoisotopic (exact) mass is 328 g/mol. The summed E-state index contributed by atoms with van der Waals surface area (Å²) in [5.41, 5.74) is 8.68. The largest absolute Gasteiger partial charge is 0.380 e. The predicted molar refractivity (Wildman–Crippen MR) is 93.7 cm³/mol. The van der Waals surface area contributed by atoms with Gasteiger partial charge in [-0.2, -0.15) is 0 Å². The molecule has 3 N–H and O–H groups in total. The maximum Gasteiger partial charge on any atom is 0.227 e. The highest BCUT2D eigenvalue weighted by Crippen LogP contribution is 2.25. The van der Waals surface area contributed by atoms with Gasteiger partial charge in [-0.25, -0.2) is 4.98 Å². The number of imidazole rings is 1. The normalized spacial score (nSPS) is 14.9. The second-order valence-corrected chi connectivity index (χ2v) is 6.10. The average molecular weight is 328 g/mol. The number of hydrogen-bond acceptors (Lipinski definition) is 4. The van der Waals surface area contributed by atoms with Crippen LogP contribution in [0.2, 0.25) is 0 Å². The van der Waals surface area contributed by atoms with Crippen LogP contribution in [0.25, 0.3) is 11.4 Å². The molecule has 0 saturated heterocycles. The molecule has 3 rings (SSSR count). The Kier molecular flexibility index (Phi) is 5.27. The first-order valence-corrected chi connectivity index (χ1v) is 8.39. The third kappa shape index (κ3) is 3.66. The molecule has 1 aliphatic rings. The molecule has 6 heteroatoms. The summed E-state index contributed by atoms with van der Waals surface area (Å²) in [5.74, 6) is 0.906. The van der Waals surface area contributed by atoms with Crippen LogP contribution in [0.5, 0.6) is 0 Å². The number of rotatable bonds is 6. The van der Waals surface area contributed by atoms with Crippen molar-refractivity contribution >= 4 is 11.6 Å². The van der Waals surface area contributed by atoms with Gasteiger partial charge in [0.1, 0.15) is 5.82 Å². The lowest BCUT2D eigenvalue weighted by atomic mass is 10.1. The zero-order chi connectivity index (χ0) is 16.9. The summed E-state index contributed by atoms with van der Waals surface area (Å²) in [4.78, 5) is 16.5. The molecule has 128 valence electrons. The minimum absolute atomic E-state index is 0.0989. The van der Waals surface area contributed by atoms with Gasteiger partial charge in [-0.15, -0.1) is 0 Å². The summed E-state index contributed by atoms with van der Waals surface area (Å²) >= 11 is 0. The van der Waals surface area contributed by atoms with E-state index < -0.39 is 0 Å². The van der Waals surface area contributed by atoms with Crippen molar-refractivity contribution in [1.29, 1.82) is 0 Å². The molecule has 0 radical (unpaired) electrons. The highest BCUT2D eigenvalue weighted by molar-refractivity contribution is 5.91. The van der Waals surface area contributed by atoms with E-state index >= 15 is 0 Å². The van der Waals surface area contributed by atoms with Crippen LogP contribution in [0.15, 0.2) is 30.5 Å². The third-order valence-corrected chi connectivity index (χ3v) is 4.44. The molecular formula is C18H24N4O2. The molecule has 0 aliphatic carbocycles. The molecule has 0 saturated carbocycles. The topological polar surface area (TPSA) is 82.2 Å². The maximum atomic E-state index is 12.0. The Morgan fingerprint density at radius 1 is 1.38 bits per heavy atom. The number of carbonyl (C=O) groups excluding carboxylic acids is 1. The van der Waals surface area contributed by atoms with Gasteiger partial charge in [0.15, 0.2) is 0 Å². The van der Waals surface area contributed by atoms with E-state index in [1.54, 1.807) is 7.11 Å². The number of nitrogens with zero attached hydrogens (tertiary/aromatic N) is 2. The lowest BCUT2D eigenvalue weighted by Gasteiger charge is -2.16. The van der Waals surface area contributed by atoms with E-state index in [0.717, 1.165) is 30.0 Å². The van der Waals surface area contributed by atoms with Gasteiger partial charge in [0.05, 0.1) is 12.5 Å². The Balaban J connectivity index is 1.67. The summed E-state index contributed by atoms with van der Waals surface area (Å²) in [7, 11) is 1.56. The molecule has 1 atom stereocenters. The number of carbonyl (C=O) groups is 1. The van der Waals surface area contributed by atoms with Gasteiger partial charge in [-0.1, -0.05) is 0 Å². The van der Waals surface area contributed by atoms with Gasteiger partial charge in [-0.05, 0) is 43.5 Å². The SMILES string of the molecule is COC(CN)CC(=O)Nc1ccc(-c2ncc3n2CCCC3)cc1. The summed E-state index contributed by atoms with van der Waals surface area (Å²) in [6.07, 6.45) is 5.52. The van der Waals surface area contributed by atoms with Gasteiger partial charge >= 0.3 is 0 Å². The van der Waals surface area contributed by atoms with Crippen molar-refractivity contribution in [2.75, 3.05) is 19.0 Å². The smallest absolute Gasteiger partial charge is 0.227 e. The summed E-state index contributed by atoms with van der Waals surface area (Å²) in [6, 6.07) is 7.80. The fourth-order valence-corrected chi connectivity index (χ4v) is 3.05. The van der Waals surface area contributed by atoms with Gasteiger partial charge in [0.25, 0.3) is 0 Å². The zero-order valence-electron chi connectivity index (χ0n) is 14.0. The van der Waals surface area contributed by atoms with E-state index in [0.29, 0.717) is 6.54 Å². The fraction of sp³-hybridized carbons (Fsp3) is 0.444. The Morgan fingerprint density at radius 2 is 2.17 bits per heavy atom. The Morgan fingerprint density at radius 3 is 2.88 bits per heavy atom. The number of anilines is 1. The lowest BCUT2D eigenvalue weighted by Crippen LogP contribution is -2.28. The van der Waals surface area contributed by atoms with E-state index in [1.165, 1.54) is 18.5 Å². The number of ether oxygens (including phenoxy) is 1. The summed E-state index contributed by atoms with van der Waals surface area (Å²) in [6.45, 7) is 1.36. The van der Waals surface area contributed by atoms with Crippen molar-refractivity contribution in [3.8, 4) is 11.4 Å². The van der Waals surface area contributed by atoms with Crippen molar-refractivity contribution in [3.63, 3.8) is 0 Å². The molecule has 0 bridgehead atoms. The first-order chi connectivity index (χ1) is 11.7. The van der Waals surface area contributed by atoms with Crippen molar-refractivity contribution < 1.29 is 9.53 Å². The van der Waals surface area contributed by atoms with E-state index in [4.69, 9.17) is 10.5 Å². The Bertz CT molecular complexity index is 690. The number of benzene rings is 1. The maximum absolute atomic E-state index is 12.0. The number of aryl methyl sites for hydroxylation is 1. The van der Waals surface area contributed by atoms with Crippen LogP contribution in [0, 0.1) is 0 Å². The highest BCUT2D eigenvalue weighted by atomic mass is 16.5. The van der Waals surface area contributed by atoms with Crippen LogP contribution in [0.4, 0.5) is 5.69 Å². The number of methoxy groups -OCH3 is 1. The molecule has 2 heterocycles. The zero-order valence-corrected chi connectivity index (χ0v) is 14.0. The molecule has 2 aromatic rings. The number of nitrogens with two attached hydrogens (primary N) is 1. The van der Waals surface area contributed by atoms with Crippen LogP contribution in [-0.2, 0) is 22.5 Å². The number of aromatic nitrogens is 2. The highest BCUT2D eigenvalue weighted by Gasteiger charge is 2.15. The van der Waals surface area contributed by atoms with Crippen LogP contribution in [0.3, 0.4) is 0 Å².